The largest absolute Gasteiger partial charge is 0.450 e. The second-order valence-electron chi connectivity index (χ2n) is 4.85. The number of carbonyl (C=O) groups excluding carboxylic acids is 2. The summed E-state index contributed by atoms with van der Waals surface area (Å²) in [5.41, 5.74) is -1.68. The van der Waals surface area contributed by atoms with E-state index in [2.05, 4.69) is 0 Å². The van der Waals surface area contributed by atoms with Crippen LogP contribution in [-0.4, -0.2) is 17.9 Å². The molecule has 0 spiro atoms. The molecule has 2 atom stereocenters. The lowest BCUT2D eigenvalue weighted by atomic mass is 9.67. The summed E-state index contributed by atoms with van der Waals surface area (Å²) in [5, 5.41) is 0. The molecule has 1 saturated heterocycles. The molecule has 1 aliphatic carbocycles. The summed E-state index contributed by atoms with van der Waals surface area (Å²) in [7, 11) is 0. The van der Waals surface area contributed by atoms with Gasteiger partial charge in [0.2, 0.25) is 0 Å². The van der Waals surface area contributed by atoms with E-state index < -0.39 is 11.0 Å². The van der Waals surface area contributed by atoms with Crippen molar-refractivity contribution in [2.45, 2.75) is 39.2 Å². The fourth-order valence-electron chi connectivity index (χ4n) is 2.57. The quantitative estimate of drug-likeness (QED) is 0.453. The number of hydrogen-bond acceptors (Lipinski definition) is 3. The molecule has 13 heavy (non-hydrogen) atoms. The van der Waals surface area contributed by atoms with Crippen molar-refractivity contribution in [3.05, 3.63) is 0 Å². The standard InChI is InChI=1S/C10H14O3/c1-8(2)9(3)4-5-10(8,6-11)13-7(9)12/h6H,4-5H2,1-3H3/t9?,10-/m0/s1. The van der Waals surface area contributed by atoms with Gasteiger partial charge in [-0.1, -0.05) is 13.8 Å². The van der Waals surface area contributed by atoms with Gasteiger partial charge in [0, 0.05) is 5.41 Å². The van der Waals surface area contributed by atoms with Crippen LogP contribution in [-0.2, 0) is 14.3 Å². The van der Waals surface area contributed by atoms with Gasteiger partial charge < -0.3 is 4.74 Å². The normalized spacial score (nSPS) is 46.2. The Hall–Kier alpha value is -0.860. The van der Waals surface area contributed by atoms with Crippen molar-refractivity contribution in [1.82, 2.24) is 0 Å². The zero-order valence-electron chi connectivity index (χ0n) is 8.22. The van der Waals surface area contributed by atoms with Gasteiger partial charge in [0.05, 0.1) is 5.41 Å². The third-order valence-electron chi connectivity index (χ3n) is 4.35. The SMILES string of the molecule is CC12CC[C@@](C=O)(OC1=O)C2(C)C. The predicted molar refractivity (Wildman–Crippen MR) is 46.0 cm³/mol. The minimum Gasteiger partial charge on any atom is -0.450 e. The lowest BCUT2D eigenvalue weighted by Crippen LogP contribution is -2.42. The number of aldehydes is 1. The Balaban J connectivity index is 2.59. The molecule has 0 N–H and O–H groups in total. The summed E-state index contributed by atoms with van der Waals surface area (Å²) < 4.78 is 5.21. The number of fused-ring (bicyclic) bond motifs is 2. The van der Waals surface area contributed by atoms with Crippen LogP contribution in [0.15, 0.2) is 0 Å². The summed E-state index contributed by atoms with van der Waals surface area (Å²) in [5.74, 6) is -0.212. The van der Waals surface area contributed by atoms with E-state index in [-0.39, 0.29) is 11.4 Å². The van der Waals surface area contributed by atoms with Crippen LogP contribution < -0.4 is 0 Å². The average molecular weight is 182 g/mol. The third-order valence-corrected chi connectivity index (χ3v) is 4.35. The van der Waals surface area contributed by atoms with Crippen molar-refractivity contribution in [2.24, 2.45) is 10.8 Å². The van der Waals surface area contributed by atoms with Crippen LogP contribution in [0.25, 0.3) is 0 Å². The van der Waals surface area contributed by atoms with Crippen molar-refractivity contribution in [2.75, 3.05) is 0 Å². The fraction of sp³-hybridized carbons (Fsp3) is 0.800. The summed E-state index contributed by atoms with van der Waals surface area (Å²) >= 11 is 0. The molecule has 0 aromatic carbocycles. The lowest BCUT2D eigenvalue weighted by molar-refractivity contribution is -0.162. The lowest BCUT2D eigenvalue weighted by Gasteiger charge is -2.32. The Labute approximate surface area is 77.4 Å². The highest BCUT2D eigenvalue weighted by Crippen LogP contribution is 2.64. The molecule has 1 aliphatic heterocycles. The van der Waals surface area contributed by atoms with Crippen LogP contribution in [0.1, 0.15) is 33.6 Å². The maximum atomic E-state index is 11.6. The Morgan fingerprint density at radius 1 is 1.31 bits per heavy atom. The second-order valence-corrected chi connectivity index (χ2v) is 4.85. The highest BCUT2D eigenvalue weighted by molar-refractivity contribution is 5.88. The Morgan fingerprint density at radius 2 is 1.92 bits per heavy atom. The van der Waals surface area contributed by atoms with Crippen LogP contribution in [0, 0.1) is 10.8 Å². The molecule has 0 aromatic rings. The first-order valence-electron chi connectivity index (χ1n) is 4.59. The first kappa shape index (κ1) is 8.73. The van der Waals surface area contributed by atoms with Gasteiger partial charge in [-0.3, -0.25) is 9.59 Å². The maximum Gasteiger partial charge on any atom is 0.313 e. The summed E-state index contributed by atoms with van der Waals surface area (Å²) in [4.78, 5) is 22.6. The number of ether oxygens (including phenoxy) is 1. The van der Waals surface area contributed by atoms with E-state index in [9.17, 15) is 9.59 Å². The van der Waals surface area contributed by atoms with E-state index in [1.165, 1.54) is 0 Å². The molecule has 2 aliphatic rings. The van der Waals surface area contributed by atoms with Crippen LogP contribution in [0.5, 0.6) is 0 Å². The van der Waals surface area contributed by atoms with Gasteiger partial charge in [-0.25, -0.2) is 0 Å². The first-order chi connectivity index (χ1) is 5.90. The van der Waals surface area contributed by atoms with Gasteiger partial charge in [0.25, 0.3) is 0 Å². The molecular weight excluding hydrogens is 168 g/mol. The number of carbonyl (C=O) groups is 2. The first-order valence-corrected chi connectivity index (χ1v) is 4.59. The van der Waals surface area contributed by atoms with E-state index in [0.29, 0.717) is 6.42 Å². The summed E-state index contributed by atoms with van der Waals surface area (Å²) in [6.07, 6.45) is 2.24. The number of hydrogen-bond donors (Lipinski definition) is 0. The van der Waals surface area contributed by atoms with Gasteiger partial charge in [0.1, 0.15) is 0 Å². The summed E-state index contributed by atoms with van der Waals surface area (Å²) in [6, 6.07) is 0. The minimum absolute atomic E-state index is 0.212. The maximum absolute atomic E-state index is 11.6. The smallest absolute Gasteiger partial charge is 0.313 e. The molecule has 3 heteroatoms. The van der Waals surface area contributed by atoms with E-state index in [0.717, 1.165) is 12.7 Å². The molecular formula is C10H14O3. The average Bonchev–Trinajstić information content (AvgIpc) is 2.34. The van der Waals surface area contributed by atoms with Gasteiger partial charge in [-0.15, -0.1) is 0 Å². The molecule has 1 heterocycles. The Bertz CT molecular complexity index is 295. The third kappa shape index (κ3) is 0.640. The van der Waals surface area contributed by atoms with E-state index in [1.807, 2.05) is 20.8 Å². The van der Waals surface area contributed by atoms with Crippen molar-refractivity contribution in [3.63, 3.8) is 0 Å². The Kier molecular flexibility index (Phi) is 1.32. The zero-order chi connectivity index (χ0) is 9.91. The molecule has 72 valence electrons. The van der Waals surface area contributed by atoms with Crippen LogP contribution in [0.4, 0.5) is 0 Å². The zero-order valence-corrected chi connectivity index (χ0v) is 8.22. The highest BCUT2D eigenvalue weighted by Gasteiger charge is 2.72. The molecule has 0 aromatic heterocycles. The van der Waals surface area contributed by atoms with Gasteiger partial charge in [-0.05, 0) is 19.8 Å². The van der Waals surface area contributed by atoms with Gasteiger partial charge in [0.15, 0.2) is 11.9 Å². The molecule has 2 rings (SSSR count). The predicted octanol–water partition coefficient (Wildman–Crippen LogP) is 1.31. The number of rotatable bonds is 1. The van der Waals surface area contributed by atoms with Crippen molar-refractivity contribution < 1.29 is 14.3 Å². The fourth-order valence-corrected chi connectivity index (χ4v) is 2.57. The van der Waals surface area contributed by atoms with E-state index in [1.54, 1.807) is 0 Å². The molecule has 1 saturated carbocycles. The van der Waals surface area contributed by atoms with Crippen molar-refractivity contribution >= 4 is 12.3 Å². The van der Waals surface area contributed by atoms with Crippen LogP contribution in [0.2, 0.25) is 0 Å². The van der Waals surface area contributed by atoms with E-state index in [4.69, 9.17) is 4.74 Å². The van der Waals surface area contributed by atoms with Gasteiger partial charge in [-0.2, -0.15) is 0 Å². The second kappa shape index (κ2) is 1.97. The topological polar surface area (TPSA) is 43.4 Å². The van der Waals surface area contributed by atoms with Crippen molar-refractivity contribution in [1.29, 1.82) is 0 Å². The molecule has 0 radical (unpaired) electrons. The minimum atomic E-state index is -0.848. The molecule has 3 nitrogen and oxygen atoms in total. The number of esters is 1. The van der Waals surface area contributed by atoms with E-state index >= 15 is 0 Å². The monoisotopic (exact) mass is 182 g/mol. The molecule has 0 amide bonds. The highest BCUT2D eigenvalue weighted by atomic mass is 16.6. The van der Waals surface area contributed by atoms with Crippen molar-refractivity contribution in [3.8, 4) is 0 Å². The Morgan fingerprint density at radius 3 is 2.15 bits per heavy atom. The van der Waals surface area contributed by atoms with Gasteiger partial charge >= 0.3 is 5.97 Å². The summed E-state index contributed by atoms with van der Waals surface area (Å²) in [6.45, 7) is 5.78. The molecule has 2 fully saturated rings. The van der Waals surface area contributed by atoms with Crippen LogP contribution in [0.3, 0.4) is 0 Å². The molecule has 2 bridgehead atoms. The molecule has 1 unspecified atom stereocenters. The van der Waals surface area contributed by atoms with Crippen LogP contribution >= 0.6 is 0 Å².